The molecule has 13 heavy (non-hydrogen) atoms. The number of alkyl halides is 3. The first-order valence-corrected chi connectivity index (χ1v) is 4.10. The van der Waals surface area contributed by atoms with Crippen LogP contribution in [-0.4, -0.2) is 11.4 Å². The molecule has 0 unspecified atom stereocenters. The summed E-state index contributed by atoms with van der Waals surface area (Å²) in [5.41, 5.74) is -0.916. The van der Waals surface area contributed by atoms with Crippen molar-refractivity contribution in [3.8, 4) is 0 Å². The molecule has 0 aliphatic rings. The minimum absolute atomic E-state index is 0.0320. The molecule has 1 amide bonds. The molecule has 0 atom stereocenters. The van der Waals surface area contributed by atoms with Crippen LogP contribution in [0.3, 0.4) is 0 Å². The molecule has 1 aromatic rings. The van der Waals surface area contributed by atoms with E-state index in [1.807, 2.05) is 0 Å². The SMILES string of the molecule is O=CNCc1nc(C(F)(F)F)cs1. The van der Waals surface area contributed by atoms with Crippen molar-refractivity contribution in [2.24, 2.45) is 0 Å². The van der Waals surface area contributed by atoms with Gasteiger partial charge in [0.25, 0.3) is 0 Å². The van der Waals surface area contributed by atoms with Gasteiger partial charge in [0.1, 0.15) is 5.01 Å². The first-order valence-electron chi connectivity index (χ1n) is 3.22. The Morgan fingerprint density at radius 2 is 2.31 bits per heavy atom. The van der Waals surface area contributed by atoms with Gasteiger partial charge in [-0.25, -0.2) is 4.98 Å². The Morgan fingerprint density at radius 1 is 1.62 bits per heavy atom. The van der Waals surface area contributed by atoms with Gasteiger partial charge in [-0.2, -0.15) is 13.2 Å². The van der Waals surface area contributed by atoms with Crippen LogP contribution in [0.5, 0.6) is 0 Å². The molecule has 3 nitrogen and oxygen atoms in total. The van der Waals surface area contributed by atoms with Crippen LogP contribution in [0.1, 0.15) is 10.7 Å². The monoisotopic (exact) mass is 210 g/mol. The lowest BCUT2D eigenvalue weighted by atomic mass is 10.5. The molecule has 1 heterocycles. The van der Waals surface area contributed by atoms with E-state index in [2.05, 4.69) is 10.3 Å². The smallest absolute Gasteiger partial charge is 0.352 e. The molecule has 0 radical (unpaired) electrons. The van der Waals surface area contributed by atoms with Crippen LogP contribution in [0.25, 0.3) is 0 Å². The lowest BCUT2D eigenvalue weighted by molar-refractivity contribution is -0.140. The Morgan fingerprint density at radius 3 is 2.77 bits per heavy atom. The van der Waals surface area contributed by atoms with Crippen molar-refractivity contribution in [2.75, 3.05) is 0 Å². The molecule has 0 aliphatic heterocycles. The number of thiazole rings is 1. The molecule has 0 aromatic carbocycles. The van der Waals surface area contributed by atoms with E-state index >= 15 is 0 Å². The van der Waals surface area contributed by atoms with E-state index in [9.17, 15) is 18.0 Å². The third kappa shape index (κ3) is 2.69. The summed E-state index contributed by atoms with van der Waals surface area (Å²) in [7, 11) is 0. The largest absolute Gasteiger partial charge is 0.434 e. The molecule has 7 heteroatoms. The zero-order valence-electron chi connectivity index (χ0n) is 6.26. The van der Waals surface area contributed by atoms with Crippen molar-refractivity contribution >= 4 is 17.7 Å². The minimum atomic E-state index is -4.41. The average molecular weight is 210 g/mol. The van der Waals surface area contributed by atoms with Crippen molar-refractivity contribution in [2.45, 2.75) is 12.7 Å². The topological polar surface area (TPSA) is 42.0 Å². The summed E-state index contributed by atoms with van der Waals surface area (Å²) in [6.07, 6.45) is -4.00. The number of carbonyl (C=O) groups excluding carboxylic acids is 1. The predicted octanol–water partition coefficient (Wildman–Crippen LogP) is 1.41. The van der Waals surface area contributed by atoms with Gasteiger partial charge in [0.15, 0.2) is 5.69 Å². The Hall–Kier alpha value is -1.11. The molecule has 0 bridgehead atoms. The van der Waals surface area contributed by atoms with Crippen molar-refractivity contribution in [3.63, 3.8) is 0 Å². The summed E-state index contributed by atoms with van der Waals surface area (Å²) in [5, 5.41) is 3.38. The predicted molar refractivity (Wildman–Crippen MR) is 40.0 cm³/mol. The summed E-state index contributed by atoms with van der Waals surface area (Å²) in [4.78, 5) is 13.1. The van der Waals surface area contributed by atoms with Crippen LogP contribution < -0.4 is 5.32 Å². The number of hydrogen-bond donors (Lipinski definition) is 1. The molecule has 1 N–H and O–H groups in total. The fourth-order valence-corrected chi connectivity index (χ4v) is 1.40. The Kier molecular flexibility index (Phi) is 2.86. The van der Waals surface area contributed by atoms with Crippen LogP contribution in [0, 0.1) is 0 Å². The van der Waals surface area contributed by atoms with E-state index < -0.39 is 11.9 Å². The number of amides is 1. The highest BCUT2D eigenvalue weighted by atomic mass is 32.1. The van der Waals surface area contributed by atoms with Gasteiger partial charge in [-0.05, 0) is 0 Å². The zero-order valence-corrected chi connectivity index (χ0v) is 7.08. The number of carbonyl (C=O) groups is 1. The molecule has 0 spiro atoms. The van der Waals surface area contributed by atoms with E-state index in [0.717, 1.165) is 16.7 Å². The van der Waals surface area contributed by atoms with E-state index in [1.165, 1.54) is 0 Å². The highest BCUT2D eigenvalue weighted by Crippen LogP contribution is 2.29. The van der Waals surface area contributed by atoms with Crippen LogP contribution in [0.15, 0.2) is 5.38 Å². The number of nitrogens with zero attached hydrogens (tertiary/aromatic N) is 1. The molecule has 0 saturated heterocycles. The van der Waals surface area contributed by atoms with Crippen LogP contribution in [0.4, 0.5) is 13.2 Å². The van der Waals surface area contributed by atoms with Gasteiger partial charge in [-0.1, -0.05) is 0 Å². The lowest BCUT2D eigenvalue weighted by Gasteiger charge is -1.99. The lowest BCUT2D eigenvalue weighted by Crippen LogP contribution is -2.10. The number of aromatic nitrogens is 1. The standard InChI is InChI=1S/C6H5F3N2OS/c7-6(8,9)4-2-13-5(11-4)1-10-3-12/h2-3H,1H2,(H,10,12). The summed E-state index contributed by atoms with van der Waals surface area (Å²) in [5.74, 6) is 0. The second kappa shape index (κ2) is 3.73. The van der Waals surface area contributed by atoms with Crippen molar-refractivity contribution in [3.05, 3.63) is 16.1 Å². The zero-order chi connectivity index (χ0) is 9.90. The Bertz CT molecular complexity index is 296. The van der Waals surface area contributed by atoms with Gasteiger partial charge in [0.2, 0.25) is 6.41 Å². The number of halogens is 3. The number of rotatable bonds is 3. The molecule has 0 saturated carbocycles. The van der Waals surface area contributed by atoms with Gasteiger partial charge >= 0.3 is 6.18 Å². The van der Waals surface area contributed by atoms with E-state index in [0.29, 0.717) is 6.41 Å². The first-order chi connectivity index (χ1) is 6.04. The normalized spacial score (nSPS) is 11.3. The van der Waals surface area contributed by atoms with Crippen LogP contribution in [0.2, 0.25) is 0 Å². The average Bonchev–Trinajstić information content (AvgIpc) is 2.47. The van der Waals surface area contributed by atoms with Crippen LogP contribution in [-0.2, 0) is 17.5 Å². The molecular formula is C6H5F3N2OS. The van der Waals surface area contributed by atoms with Crippen molar-refractivity contribution in [1.29, 1.82) is 0 Å². The van der Waals surface area contributed by atoms with Gasteiger partial charge in [0, 0.05) is 5.38 Å². The van der Waals surface area contributed by atoms with Crippen molar-refractivity contribution in [1.82, 2.24) is 10.3 Å². The van der Waals surface area contributed by atoms with E-state index in [-0.39, 0.29) is 11.6 Å². The first kappa shape index (κ1) is 9.97. The minimum Gasteiger partial charge on any atom is -0.352 e. The fourth-order valence-electron chi connectivity index (χ4n) is 0.651. The summed E-state index contributed by atoms with van der Waals surface area (Å²) in [6, 6.07) is 0. The van der Waals surface area contributed by atoms with Crippen LogP contribution >= 0.6 is 11.3 Å². The number of nitrogens with one attached hydrogen (secondary N) is 1. The molecule has 0 aliphatic carbocycles. The van der Waals surface area contributed by atoms with E-state index in [1.54, 1.807) is 0 Å². The third-order valence-corrected chi connectivity index (χ3v) is 2.03. The molecule has 1 rings (SSSR count). The molecular weight excluding hydrogens is 205 g/mol. The highest BCUT2D eigenvalue weighted by Gasteiger charge is 2.33. The van der Waals surface area contributed by atoms with Gasteiger partial charge in [-0.15, -0.1) is 11.3 Å². The maximum Gasteiger partial charge on any atom is 0.434 e. The third-order valence-electron chi connectivity index (χ3n) is 1.18. The number of hydrogen-bond acceptors (Lipinski definition) is 3. The second-order valence-electron chi connectivity index (χ2n) is 2.12. The maximum atomic E-state index is 12.0. The Labute approximate surface area is 75.6 Å². The molecule has 0 fully saturated rings. The molecule has 1 aromatic heterocycles. The second-order valence-corrected chi connectivity index (χ2v) is 3.07. The Balaban J connectivity index is 2.69. The summed E-state index contributed by atoms with van der Waals surface area (Å²) < 4.78 is 35.9. The van der Waals surface area contributed by atoms with Gasteiger partial charge in [0.05, 0.1) is 6.54 Å². The summed E-state index contributed by atoms with van der Waals surface area (Å²) in [6.45, 7) is 0.0320. The van der Waals surface area contributed by atoms with Gasteiger partial charge in [-0.3, -0.25) is 4.79 Å². The van der Waals surface area contributed by atoms with Crippen molar-refractivity contribution < 1.29 is 18.0 Å². The fraction of sp³-hybridized carbons (Fsp3) is 0.333. The summed E-state index contributed by atoms with van der Waals surface area (Å²) >= 11 is 0.864. The van der Waals surface area contributed by atoms with E-state index in [4.69, 9.17) is 0 Å². The maximum absolute atomic E-state index is 12.0. The van der Waals surface area contributed by atoms with Gasteiger partial charge < -0.3 is 5.32 Å². The quantitative estimate of drug-likeness (QED) is 0.766. The molecule has 72 valence electrons. The highest BCUT2D eigenvalue weighted by molar-refractivity contribution is 7.09.